The molecule has 0 bridgehead atoms. The number of nitriles is 1. The van der Waals surface area contributed by atoms with Gasteiger partial charge in [0, 0.05) is 40.3 Å². The topological polar surface area (TPSA) is 103 Å². The number of hydrogen-bond acceptors (Lipinski definition) is 5. The Morgan fingerprint density at radius 2 is 2.14 bits per heavy atom. The van der Waals surface area contributed by atoms with Crippen molar-refractivity contribution in [3.8, 4) is 6.07 Å². The molecule has 1 aliphatic heterocycles. The molecule has 0 saturated carbocycles. The fraction of sp³-hybridized carbons (Fsp3) is 0.769. The van der Waals surface area contributed by atoms with Crippen LogP contribution in [0.15, 0.2) is 0 Å². The number of methoxy groups -OCH3 is 2. The molecule has 0 spiro atoms. The highest BCUT2D eigenvalue weighted by Crippen LogP contribution is 2.22. The molecule has 118 valence electrons. The number of ether oxygens (including phenoxy) is 2. The van der Waals surface area contributed by atoms with Crippen LogP contribution in [-0.4, -0.2) is 79.5 Å². The summed E-state index contributed by atoms with van der Waals surface area (Å²) in [6.45, 7) is 1.13. The largest absolute Gasteiger partial charge is 0.480 e. The van der Waals surface area contributed by atoms with Crippen LogP contribution in [-0.2, 0) is 14.3 Å². The van der Waals surface area contributed by atoms with Gasteiger partial charge in [0.2, 0.25) is 0 Å². The predicted molar refractivity (Wildman–Crippen MR) is 72.6 cm³/mol. The van der Waals surface area contributed by atoms with E-state index in [4.69, 9.17) is 14.7 Å². The summed E-state index contributed by atoms with van der Waals surface area (Å²) >= 11 is 0. The van der Waals surface area contributed by atoms with Crippen LogP contribution in [0.5, 0.6) is 0 Å². The van der Waals surface area contributed by atoms with Crippen molar-refractivity contribution in [3.63, 3.8) is 0 Å². The average molecular weight is 299 g/mol. The van der Waals surface area contributed by atoms with E-state index in [0.717, 1.165) is 0 Å². The monoisotopic (exact) mass is 299 g/mol. The molecule has 1 fully saturated rings. The normalized spacial score (nSPS) is 21.1. The zero-order chi connectivity index (χ0) is 15.8. The maximum absolute atomic E-state index is 12.5. The number of carbonyl (C=O) groups is 2. The first-order valence-electron chi connectivity index (χ1n) is 6.72. The standard InChI is InChI=1S/C13H21N3O5/c1-20-7-6-15(5-3-4-14)13(19)16-9-10(21-2)8-11(16)12(17)18/h10-11H,3,5-9H2,1-2H3,(H,17,18). The number of rotatable bonds is 7. The third-order valence-electron chi connectivity index (χ3n) is 3.46. The first kappa shape index (κ1) is 17.2. The van der Waals surface area contributed by atoms with Crippen LogP contribution in [0.4, 0.5) is 4.79 Å². The molecular formula is C13H21N3O5. The van der Waals surface area contributed by atoms with Gasteiger partial charge in [-0.1, -0.05) is 0 Å². The van der Waals surface area contributed by atoms with E-state index in [9.17, 15) is 14.7 Å². The van der Waals surface area contributed by atoms with Crippen molar-refractivity contribution >= 4 is 12.0 Å². The number of urea groups is 1. The van der Waals surface area contributed by atoms with Gasteiger partial charge in [-0.2, -0.15) is 5.26 Å². The fourth-order valence-corrected chi connectivity index (χ4v) is 2.28. The van der Waals surface area contributed by atoms with Crippen molar-refractivity contribution in [1.82, 2.24) is 9.80 Å². The van der Waals surface area contributed by atoms with Gasteiger partial charge in [-0.3, -0.25) is 0 Å². The molecule has 0 aromatic rings. The Bertz CT molecular complexity index is 409. The minimum absolute atomic E-state index is 0.189. The molecule has 1 heterocycles. The van der Waals surface area contributed by atoms with Crippen molar-refractivity contribution in [2.75, 3.05) is 40.5 Å². The van der Waals surface area contributed by atoms with Gasteiger partial charge in [-0.15, -0.1) is 0 Å². The van der Waals surface area contributed by atoms with Crippen LogP contribution in [0.2, 0.25) is 0 Å². The highest BCUT2D eigenvalue weighted by atomic mass is 16.5. The summed E-state index contributed by atoms with van der Waals surface area (Å²) in [6, 6.07) is 0.692. The molecule has 21 heavy (non-hydrogen) atoms. The fourth-order valence-electron chi connectivity index (χ4n) is 2.28. The first-order valence-corrected chi connectivity index (χ1v) is 6.72. The Morgan fingerprint density at radius 1 is 1.43 bits per heavy atom. The lowest BCUT2D eigenvalue weighted by Gasteiger charge is -2.29. The quantitative estimate of drug-likeness (QED) is 0.717. The van der Waals surface area contributed by atoms with E-state index in [1.54, 1.807) is 0 Å². The molecule has 2 unspecified atom stereocenters. The zero-order valence-corrected chi connectivity index (χ0v) is 12.3. The van der Waals surface area contributed by atoms with Gasteiger partial charge >= 0.3 is 12.0 Å². The number of hydrogen-bond donors (Lipinski definition) is 1. The van der Waals surface area contributed by atoms with Crippen LogP contribution in [0.25, 0.3) is 0 Å². The van der Waals surface area contributed by atoms with Gasteiger partial charge in [0.05, 0.1) is 25.2 Å². The van der Waals surface area contributed by atoms with Gasteiger partial charge in [0.1, 0.15) is 6.04 Å². The minimum Gasteiger partial charge on any atom is -0.480 e. The van der Waals surface area contributed by atoms with E-state index in [0.29, 0.717) is 13.2 Å². The zero-order valence-electron chi connectivity index (χ0n) is 12.3. The highest BCUT2D eigenvalue weighted by Gasteiger charge is 2.41. The van der Waals surface area contributed by atoms with Crippen molar-refractivity contribution in [3.05, 3.63) is 0 Å². The second-order valence-corrected chi connectivity index (χ2v) is 4.77. The van der Waals surface area contributed by atoms with E-state index >= 15 is 0 Å². The van der Waals surface area contributed by atoms with Gasteiger partial charge < -0.3 is 24.4 Å². The second kappa shape index (κ2) is 8.44. The summed E-state index contributed by atoms with van der Waals surface area (Å²) in [4.78, 5) is 26.5. The Kier molecular flexibility index (Phi) is 6.91. The maximum Gasteiger partial charge on any atom is 0.326 e. The highest BCUT2D eigenvalue weighted by molar-refractivity contribution is 5.83. The van der Waals surface area contributed by atoms with Gasteiger partial charge in [-0.05, 0) is 0 Å². The lowest BCUT2D eigenvalue weighted by molar-refractivity contribution is -0.141. The Hall–Kier alpha value is -1.85. The lowest BCUT2D eigenvalue weighted by Crippen LogP contribution is -2.49. The third-order valence-corrected chi connectivity index (χ3v) is 3.46. The molecule has 0 aliphatic carbocycles. The Labute approximate surface area is 123 Å². The molecular weight excluding hydrogens is 278 g/mol. The van der Waals surface area contributed by atoms with Crippen molar-refractivity contribution in [2.45, 2.75) is 25.0 Å². The minimum atomic E-state index is -1.05. The lowest BCUT2D eigenvalue weighted by atomic mass is 10.2. The summed E-state index contributed by atoms with van der Waals surface area (Å²) in [7, 11) is 3.01. The molecule has 2 atom stereocenters. The van der Waals surface area contributed by atoms with E-state index in [-0.39, 0.29) is 32.0 Å². The number of likely N-dealkylation sites (tertiary alicyclic amines) is 1. The smallest absolute Gasteiger partial charge is 0.326 e. The third kappa shape index (κ3) is 4.58. The molecule has 1 aliphatic rings. The van der Waals surface area contributed by atoms with Crippen molar-refractivity contribution in [1.29, 1.82) is 5.26 Å². The SMILES string of the molecule is COCCN(CCC#N)C(=O)N1CC(OC)CC1C(=O)O. The number of carboxylic acid groups (broad SMARTS) is 1. The second-order valence-electron chi connectivity index (χ2n) is 4.77. The number of carboxylic acids is 1. The van der Waals surface area contributed by atoms with E-state index in [1.165, 1.54) is 24.0 Å². The molecule has 8 heteroatoms. The van der Waals surface area contributed by atoms with Crippen molar-refractivity contribution < 1.29 is 24.2 Å². The molecule has 0 radical (unpaired) electrons. The summed E-state index contributed by atoms with van der Waals surface area (Å²) in [5.74, 6) is -1.05. The summed E-state index contributed by atoms with van der Waals surface area (Å²) in [5.41, 5.74) is 0. The van der Waals surface area contributed by atoms with E-state index in [1.807, 2.05) is 6.07 Å². The van der Waals surface area contributed by atoms with Crippen LogP contribution in [0, 0.1) is 11.3 Å². The Morgan fingerprint density at radius 3 is 2.67 bits per heavy atom. The molecule has 1 N–H and O–H groups in total. The van der Waals surface area contributed by atoms with Crippen LogP contribution < -0.4 is 0 Å². The molecule has 8 nitrogen and oxygen atoms in total. The predicted octanol–water partition coefficient (Wildman–Crippen LogP) is 0.142. The van der Waals surface area contributed by atoms with Crippen LogP contribution in [0.3, 0.4) is 0 Å². The summed E-state index contributed by atoms with van der Waals surface area (Å²) < 4.78 is 10.1. The van der Waals surface area contributed by atoms with E-state index < -0.39 is 18.0 Å². The molecule has 1 saturated heterocycles. The summed E-state index contributed by atoms with van der Waals surface area (Å²) in [6.07, 6.45) is 0.179. The van der Waals surface area contributed by atoms with E-state index in [2.05, 4.69) is 0 Å². The maximum atomic E-state index is 12.5. The molecule has 1 rings (SSSR count). The number of carbonyl (C=O) groups excluding carboxylic acids is 1. The first-order chi connectivity index (χ1) is 10.0. The van der Waals surface area contributed by atoms with Gasteiger partial charge in [-0.25, -0.2) is 9.59 Å². The van der Waals surface area contributed by atoms with Crippen molar-refractivity contribution in [2.24, 2.45) is 0 Å². The number of amides is 2. The molecule has 2 amide bonds. The molecule has 0 aromatic heterocycles. The van der Waals surface area contributed by atoms with Gasteiger partial charge in [0.25, 0.3) is 0 Å². The Balaban J connectivity index is 2.79. The van der Waals surface area contributed by atoms with Crippen LogP contribution in [0.1, 0.15) is 12.8 Å². The van der Waals surface area contributed by atoms with Crippen LogP contribution >= 0.6 is 0 Å². The average Bonchev–Trinajstić information content (AvgIpc) is 2.91. The number of aliphatic carboxylic acids is 1. The molecule has 0 aromatic carbocycles. The van der Waals surface area contributed by atoms with Gasteiger partial charge in [0.15, 0.2) is 0 Å². The summed E-state index contributed by atoms with van der Waals surface area (Å²) in [5, 5.41) is 17.9. The number of nitrogens with zero attached hydrogens (tertiary/aromatic N) is 3.